The van der Waals surface area contributed by atoms with Gasteiger partial charge in [0, 0.05) is 17.4 Å². The van der Waals surface area contributed by atoms with Crippen LogP contribution >= 0.6 is 0 Å². The highest BCUT2D eigenvalue weighted by Crippen LogP contribution is 2.19. The zero-order chi connectivity index (χ0) is 13.1. The third-order valence-electron chi connectivity index (χ3n) is 2.80. The van der Waals surface area contributed by atoms with Gasteiger partial charge in [0.1, 0.15) is 0 Å². The van der Waals surface area contributed by atoms with Crippen LogP contribution in [0.2, 0.25) is 0 Å². The van der Waals surface area contributed by atoms with Crippen molar-refractivity contribution in [2.75, 3.05) is 5.32 Å². The number of hydrogen-bond donors (Lipinski definition) is 2. The molecule has 2 N–H and O–H groups in total. The quantitative estimate of drug-likeness (QED) is 0.871. The molecule has 0 bridgehead atoms. The Morgan fingerprint density at radius 3 is 2.78 bits per heavy atom. The Bertz CT molecular complexity index is 617. The van der Waals surface area contributed by atoms with Crippen molar-refractivity contribution in [3.63, 3.8) is 0 Å². The Morgan fingerprint density at radius 2 is 2.06 bits per heavy atom. The van der Waals surface area contributed by atoms with Gasteiger partial charge >= 0.3 is 0 Å². The number of aryl methyl sites for hydroxylation is 3. The standard InChI is InChI=1S/C14H17N3O/c1-4-11-8-13(18)17-14(15-11)16-12-7-9(2)5-6-10(12)3/h5-8H,4H2,1-3H3,(H2,15,16,17,18). The van der Waals surface area contributed by atoms with E-state index in [1.165, 1.54) is 6.07 Å². The van der Waals surface area contributed by atoms with Crippen molar-refractivity contribution in [3.8, 4) is 0 Å². The first-order chi connectivity index (χ1) is 8.58. The summed E-state index contributed by atoms with van der Waals surface area (Å²) in [7, 11) is 0. The van der Waals surface area contributed by atoms with Crippen molar-refractivity contribution in [2.45, 2.75) is 27.2 Å². The van der Waals surface area contributed by atoms with E-state index in [2.05, 4.69) is 21.4 Å². The van der Waals surface area contributed by atoms with Crippen LogP contribution in [-0.2, 0) is 6.42 Å². The fourth-order valence-corrected chi connectivity index (χ4v) is 1.75. The number of anilines is 2. The maximum Gasteiger partial charge on any atom is 0.252 e. The van der Waals surface area contributed by atoms with E-state index >= 15 is 0 Å². The minimum absolute atomic E-state index is 0.130. The van der Waals surface area contributed by atoms with Gasteiger partial charge in [-0.3, -0.25) is 9.78 Å². The molecule has 94 valence electrons. The van der Waals surface area contributed by atoms with E-state index in [-0.39, 0.29) is 5.56 Å². The molecule has 4 nitrogen and oxygen atoms in total. The van der Waals surface area contributed by atoms with E-state index in [1.54, 1.807) is 0 Å². The number of rotatable bonds is 3. The first kappa shape index (κ1) is 12.4. The predicted molar refractivity (Wildman–Crippen MR) is 73.4 cm³/mol. The van der Waals surface area contributed by atoms with Gasteiger partial charge in [-0.2, -0.15) is 0 Å². The highest BCUT2D eigenvalue weighted by molar-refractivity contribution is 5.59. The molecule has 0 amide bonds. The van der Waals surface area contributed by atoms with Gasteiger partial charge in [-0.1, -0.05) is 19.1 Å². The fraction of sp³-hybridized carbons (Fsp3) is 0.286. The van der Waals surface area contributed by atoms with E-state index in [1.807, 2.05) is 32.9 Å². The molecule has 2 aromatic rings. The van der Waals surface area contributed by atoms with Crippen LogP contribution in [0.3, 0.4) is 0 Å². The molecule has 0 radical (unpaired) electrons. The lowest BCUT2D eigenvalue weighted by atomic mass is 10.1. The number of H-pyrrole nitrogens is 1. The van der Waals surface area contributed by atoms with Gasteiger partial charge in [0.05, 0.1) is 0 Å². The minimum Gasteiger partial charge on any atom is -0.325 e. The van der Waals surface area contributed by atoms with Crippen LogP contribution in [-0.4, -0.2) is 9.97 Å². The van der Waals surface area contributed by atoms with Crippen molar-refractivity contribution in [3.05, 3.63) is 51.4 Å². The van der Waals surface area contributed by atoms with E-state index in [9.17, 15) is 4.79 Å². The Balaban J connectivity index is 2.36. The van der Waals surface area contributed by atoms with Crippen molar-refractivity contribution in [1.82, 2.24) is 9.97 Å². The number of aromatic nitrogens is 2. The van der Waals surface area contributed by atoms with Gasteiger partial charge < -0.3 is 5.32 Å². The molecule has 0 unspecified atom stereocenters. The molecule has 0 spiro atoms. The SMILES string of the molecule is CCc1cc(=O)[nH]c(Nc2cc(C)ccc2C)n1. The number of nitrogens with zero attached hydrogens (tertiary/aromatic N) is 1. The van der Waals surface area contributed by atoms with Crippen molar-refractivity contribution in [2.24, 2.45) is 0 Å². The third-order valence-corrected chi connectivity index (χ3v) is 2.80. The zero-order valence-electron chi connectivity index (χ0n) is 10.9. The van der Waals surface area contributed by atoms with Crippen molar-refractivity contribution in [1.29, 1.82) is 0 Å². The van der Waals surface area contributed by atoms with E-state index < -0.39 is 0 Å². The topological polar surface area (TPSA) is 57.8 Å². The molecule has 2 rings (SSSR count). The molecule has 0 fully saturated rings. The van der Waals surface area contributed by atoms with Gasteiger partial charge in [0.2, 0.25) is 5.95 Å². The summed E-state index contributed by atoms with van der Waals surface area (Å²) in [6.07, 6.45) is 0.741. The Hall–Kier alpha value is -2.10. The Morgan fingerprint density at radius 1 is 1.28 bits per heavy atom. The second-order valence-corrected chi connectivity index (χ2v) is 4.38. The van der Waals surface area contributed by atoms with E-state index in [0.717, 1.165) is 28.9 Å². The van der Waals surface area contributed by atoms with Crippen LogP contribution in [0.5, 0.6) is 0 Å². The molecule has 1 aromatic carbocycles. The summed E-state index contributed by atoms with van der Waals surface area (Å²) in [5, 5.41) is 3.16. The molecule has 0 aliphatic heterocycles. The summed E-state index contributed by atoms with van der Waals surface area (Å²) in [5.74, 6) is 0.494. The maximum atomic E-state index is 11.5. The normalized spacial score (nSPS) is 10.4. The molecule has 4 heteroatoms. The van der Waals surface area contributed by atoms with Crippen molar-refractivity contribution >= 4 is 11.6 Å². The average Bonchev–Trinajstić information content (AvgIpc) is 2.33. The second kappa shape index (κ2) is 5.04. The Labute approximate surface area is 106 Å². The number of nitrogens with one attached hydrogen (secondary N) is 2. The molecule has 1 heterocycles. The zero-order valence-corrected chi connectivity index (χ0v) is 10.9. The molecule has 0 saturated carbocycles. The molecule has 0 saturated heterocycles. The second-order valence-electron chi connectivity index (χ2n) is 4.38. The number of benzene rings is 1. The summed E-state index contributed by atoms with van der Waals surface area (Å²) in [6, 6.07) is 7.65. The molecule has 18 heavy (non-hydrogen) atoms. The highest BCUT2D eigenvalue weighted by atomic mass is 16.1. The summed E-state index contributed by atoms with van der Waals surface area (Å²) >= 11 is 0. The lowest BCUT2D eigenvalue weighted by Crippen LogP contribution is -2.12. The Kier molecular flexibility index (Phi) is 3.46. The molecule has 1 aromatic heterocycles. The van der Waals surface area contributed by atoms with Crippen molar-refractivity contribution < 1.29 is 0 Å². The van der Waals surface area contributed by atoms with Crippen LogP contribution in [0.4, 0.5) is 11.6 Å². The summed E-state index contributed by atoms with van der Waals surface area (Å²) in [5.41, 5.74) is 3.90. The molecular weight excluding hydrogens is 226 g/mol. The smallest absolute Gasteiger partial charge is 0.252 e. The highest BCUT2D eigenvalue weighted by Gasteiger charge is 2.03. The molecule has 0 aliphatic rings. The lowest BCUT2D eigenvalue weighted by Gasteiger charge is -2.10. The molecule has 0 aliphatic carbocycles. The average molecular weight is 243 g/mol. The monoisotopic (exact) mass is 243 g/mol. The summed E-state index contributed by atoms with van der Waals surface area (Å²) in [4.78, 5) is 18.5. The van der Waals surface area contributed by atoms with Crippen LogP contribution in [0.25, 0.3) is 0 Å². The van der Waals surface area contributed by atoms with Gasteiger partial charge in [-0.05, 0) is 37.5 Å². The number of hydrogen-bond acceptors (Lipinski definition) is 3. The van der Waals surface area contributed by atoms with Gasteiger partial charge in [0.15, 0.2) is 0 Å². The van der Waals surface area contributed by atoms with Crippen LogP contribution in [0, 0.1) is 13.8 Å². The maximum absolute atomic E-state index is 11.5. The van der Waals surface area contributed by atoms with Gasteiger partial charge in [-0.15, -0.1) is 0 Å². The van der Waals surface area contributed by atoms with Crippen LogP contribution in [0.1, 0.15) is 23.7 Å². The molecule has 0 atom stereocenters. The number of aromatic amines is 1. The first-order valence-corrected chi connectivity index (χ1v) is 6.03. The van der Waals surface area contributed by atoms with Gasteiger partial charge in [0.25, 0.3) is 5.56 Å². The summed E-state index contributed by atoms with van der Waals surface area (Å²) < 4.78 is 0. The minimum atomic E-state index is -0.130. The molecular formula is C14H17N3O. The van der Waals surface area contributed by atoms with Crippen LogP contribution < -0.4 is 10.9 Å². The first-order valence-electron chi connectivity index (χ1n) is 6.03. The van der Waals surface area contributed by atoms with Crippen LogP contribution in [0.15, 0.2) is 29.1 Å². The van der Waals surface area contributed by atoms with Gasteiger partial charge in [-0.25, -0.2) is 4.98 Å². The lowest BCUT2D eigenvalue weighted by molar-refractivity contribution is 0.985. The largest absolute Gasteiger partial charge is 0.325 e. The fourth-order valence-electron chi connectivity index (χ4n) is 1.75. The summed E-state index contributed by atoms with van der Waals surface area (Å²) in [6.45, 7) is 6.02. The predicted octanol–water partition coefficient (Wildman–Crippen LogP) is 2.69. The van der Waals surface area contributed by atoms with E-state index in [4.69, 9.17) is 0 Å². The van der Waals surface area contributed by atoms with E-state index in [0.29, 0.717) is 5.95 Å². The third kappa shape index (κ3) is 2.77.